The first-order valence-electron chi connectivity index (χ1n) is 7.46. The van der Waals surface area contributed by atoms with Crippen molar-refractivity contribution in [1.82, 2.24) is 5.32 Å². The highest BCUT2D eigenvalue weighted by atomic mass is 19.4. The molecule has 6 heteroatoms. The highest BCUT2D eigenvalue weighted by Crippen LogP contribution is 2.32. The zero-order chi connectivity index (χ0) is 16.2. The third-order valence-corrected chi connectivity index (χ3v) is 3.82. The molecule has 1 aliphatic rings. The van der Waals surface area contributed by atoms with E-state index in [0.717, 1.165) is 5.56 Å². The Morgan fingerprint density at radius 2 is 1.77 bits per heavy atom. The van der Waals surface area contributed by atoms with Gasteiger partial charge in [-0.2, -0.15) is 13.2 Å². The van der Waals surface area contributed by atoms with Gasteiger partial charge in [0.2, 0.25) is 0 Å². The van der Waals surface area contributed by atoms with Gasteiger partial charge in [-0.25, -0.2) is 0 Å². The molecule has 0 radical (unpaired) electrons. The van der Waals surface area contributed by atoms with Crippen molar-refractivity contribution in [3.8, 4) is 0 Å². The van der Waals surface area contributed by atoms with E-state index in [1.54, 1.807) is 26.0 Å². The fourth-order valence-electron chi connectivity index (χ4n) is 2.57. The van der Waals surface area contributed by atoms with Gasteiger partial charge in [-0.3, -0.25) is 5.32 Å². The molecule has 0 saturated carbocycles. The zero-order valence-corrected chi connectivity index (χ0v) is 12.8. The summed E-state index contributed by atoms with van der Waals surface area (Å²) < 4.78 is 50.9. The Kier molecular flexibility index (Phi) is 5.47. The SMILES string of the molecule is C[C@@H](N[C@@H](CC1(C)OCCCO1)C(F)(F)F)c1ccccc1. The summed E-state index contributed by atoms with van der Waals surface area (Å²) in [4.78, 5) is 0. The molecule has 1 saturated heterocycles. The number of alkyl halides is 3. The minimum absolute atomic E-state index is 0.270. The summed E-state index contributed by atoms with van der Waals surface area (Å²) in [7, 11) is 0. The van der Waals surface area contributed by atoms with Crippen LogP contribution in [0.1, 0.15) is 38.3 Å². The van der Waals surface area contributed by atoms with E-state index in [1.807, 2.05) is 18.2 Å². The van der Waals surface area contributed by atoms with Crippen molar-refractivity contribution in [2.24, 2.45) is 0 Å². The zero-order valence-electron chi connectivity index (χ0n) is 12.8. The Balaban J connectivity index is 2.06. The van der Waals surface area contributed by atoms with Crippen LogP contribution in [0, 0.1) is 0 Å². The van der Waals surface area contributed by atoms with E-state index < -0.39 is 24.0 Å². The second kappa shape index (κ2) is 6.98. The molecule has 1 aromatic rings. The van der Waals surface area contributed by atoms with Crippen LogP contribution in [0.5, 0.6) is 0 Å². The standard InChI is InChI=1S/C16H22F3NO2/c1-12(13-7-4-3-5-8-13)20-14(16(17,18)19)11-15(2)21-9-6-10-22-15/h3-5,7-8,12,14,20H,6,9-11H2,1-2H3/t12-,14+/m1/s1. The van der Waals surface area contributed by atoms with Gasteiger partial charge in [0.15, 0.2) is 5.79 Å². The lowest BCUT2D eigenvalue weighted by atomic mass is 10.0. The van der Waals surface area contributed by atoms with Gasteiger partial charge in [0.1, 0.15) is 6.04 Å². The Bertz CT molecular complexity index is 458. The molecule has 22 heavy (non-hydrogen) atoms. The third kappa shape index (κ3) is 4.69. The Morgan fingerprint density at radius 3 is 2.32 bits per heavy atom. The molecule has 0 amide bonds. The predicted octanol–water partition coefficient (Wildman–Crippen LogP) is 3.81. The van der Waals surface area contributed by atoms with Crippen molar-refractivity contribution in [2.75, 3.05) is 13.2 Å². The normalized spacial score (nSPS) is 21.3. The maximum atomic E-state index is 13.3. The second-order valence-corrected chi connectivity index (χ2v) is 5.78. The van der Waals surface area contributed by atoms with Crippen LogP contribution in [0.3, 0.4) is 0 Å². The van der Waals surface area contributed by atoms with Gasteiger partial charge >= 0.3 is 6.18 Å². The van der Waals surface area contributed by atoms with Crippen molar-refractivity contribution >= 4 is 0 Å². The minimum atomic E-state index is -4.36. The summed E-state index contributed by atoms with van der Waals surface area (Å²) in [5.41, 5.74) is 0.812. The fraction of sp³-hybridized carbons (Fsp3) is 0.625. The topological polar surface area (TPSA) is 30.5 Å². The van der Waals surface area contributed by atoms with Crippen LogP contribution in [0.25, 0.3) is 0 Å². The number of halogens is 3. The van der Waals surface area contributed by atoms with E-state index in [-0.39, 0.29) is 6.42 Å². The molecule has 3 nitrogen and oxygen atoms in total. The minimum Gasteiger partial charge on any atom is -0.350 e. The van der Waals surface area contributed by atoms with E-state index in [9.17, 15) is 13.2 Å². The first-order chi connectivity index (χ1) is 10.3. The summed E-state index contributed by atoms with van der Waals surface area (Å²) in [6.07, 6.45) is -3.93. The molecule has 1 aromatic carbocycles. The summed E-state index contributed by atoms with van der Waals surface area (Å²) in [5.74, 6) is -1.19. The molecule has 1 heterocycles. The van der Waals surface area contributed by atoms with E-state index >= 15 is 0 Å². The number of rotatable bonds is 5. The third-order valence-electron chi connectivity index (χ3n) is 3.82. The molecule has 1 fully saturated rings. The molecule has 1 aliphatic heterocycles. The van der Waals surface area contributed by atoms with Crippen molar-refractivity contribution in [1.29, 1.82) is 0 Å². The molecular formula is C16H22F3NO2. The van der Waals surface area contributed by atoms with Gasteiger partial charge in [-0.15, -0.1) is 0 Å². The molecule has 0 aromatic heterocycles. The predicted molar refractivity (Wildman–Crippen MR) is 77.4 cm³/mol. The highest BCUT2D eigenvalue weighted by Gasteiger charge is 2.45. The molecule has 124 valence electrons. The van der Waals surface area contributed by atoms with Crippen molar-refractivity contribution in [2.45, 2.75) is 50.7 Å². The van der Waals surface area contributed by atoms with Gasteiger partial charge in [0.25, 0.3) is 0 Å². The van der Waals surface area contributed by atoms with Crippen LogP contribution < -0.4 is 5.32 Å². The Morgan fingerprint density at radius 1 is 1.18 bits per heavy atom. The van der Waals surface area contributed by atoms with Crippen molar-refractivity contribution < 1.29 is 22.6 Å². The van der Waals surface area contributed by atoms with Gasteiger partial charge in [-0.1, -0.05) is 30.3 Å². The first kappa shape index (κ1) is 17.2. The molecule has 2 atom stereocenters. The van der Waals surface area contributed by atoms with Crippen molar-refractivity contribution in [3.05, 3.63) is 35.9 Å². The van der Waals surface area contributed by atoms with Crippen LogP contribution >= 0.6 is 0 Å². The molecule has 0 spiro atoms. The Labute approximate surface area is 128 Å². The van der Waals surface area contributed by atoms with Gasteiger partial charge in [0.05, 0.1) is 13.2 Å². The van der Waals surface area contributed by atoms with E-state index in [4.69, 9.17) is 9.47 Å². The van der Waals surface area contributed by atoms with Crippen LogP contribution in [0.2, 0.25) is 0 Å². The monoisotopic (exact) mass is 317 g/mol. The van der Waals surface area contributed by atoms with Crippen LogP contribution in [-0.2, 0) is 9.47 Å². The number of ether oxygens (including phenoxy) is 2. The van der Waals surface area contributed by atoms with Crippen LogP contribution in [-0.4, -0.2) is 31.2 Å². The Hall–Kier alpha value is -1.11. The first-order valence-corrected chi connectivity index (χ1v) is 7.46. The van der Waals surface area contributed by atoms with E-state index in [0.29, 0.717) is 19.6 Å². The fourth-order valence-corrected chi connectivity index (χ4v) is 2.57. The summed E-state index contributed by atoms with van der Waals surface area (Å²) in [6, 6.07) is 6.96. The quantitative estimate of drug-likeness (QED) is 0.896. The van der Waals surface area contributed by atoms with Crippen molar-refractivity contribution in [3.63, 3.8) is 0 Å². The van der Waals surface area contributed by atoms with E-state index in [1.165, 1.54) is 0 Å². The molecule has 0 bridgehead atoms. The summed E-state index contributed by atoms with van der Waals surface area (Å²) in [6.45, 7) is 4.14. The number of benzene rings is 1. The lowest BCUT2D eigenvalue weighted by molar-refractivity contribution is -0.276. The van der Waals surface area contributed by atoms with Gasteiger partial charge in [0, 0.05) is 12.5 Å². The van der Waals surface area contributed by atoms with E-state index in [2.05, 4.69) is 5.32 Å². The molecule has 1 N–H and O–H groups in total. The average Bonchev–Trinajstić information content (AvgIpc) is 2.47. The summed E-state index contributed by atoms with van der Waals surface area (Å²) in [5, 5.41) is 2.66. The van der Waals surface area contributed by atoms with Gasteiger partial charge in [-0.05, 0) is 25.8 Å². The smallest absolute Gasteiger partial charge is 0.350 e. The van der Waals surface area contributed by atoms with Crippen LogP contribution in [0.4, 0.5) is 13.2 Å². The molecular weight excluding hydrogens is 295 g/mol. The van der Waals surface area contributed by atoms with Gasteiger partial charge < -0.3 is 9.47 Å². The maximum absolute atomic E-state index is 13.3. The second-order valence-electron chi connectivity index (χ2n) is 5.78. The largest absolute Gasteiger partial charge is 0.404 e. The van der Waals surface area contributed by atoms with Crippen LogP contribution in [0.15, 0.2) is 30.3 Å². The average molecular weight is 317 g/mol. The summed E-state index contributed by atoms with van der Waals surface area (Å²) >= 11 is 0. The lowest BCUT2D eigenvalue weighted by Crippen LogP contribution is -2.51. The highest BCUT2D eigenvalue weighted by molar-refractivity contribution is 5.18. The molecule has 2 rings (SSSR count). The number of hydrogen-bond donors (Lipinski definition) is 1. The lowest BCUT2D eigenvalue weighted by Gasteiger charge is -2.38. The maximum Gasteiger partial charge on any atom is 0.404 e. The number of nitrogens with one attached hydrogen (secondary N) is 1. The number of hydrogen-bond acceptors (Lipinski definition) is 3. The molecule has 0 unspecified atom stereocenters. The molecule has 0 aliphatic carbocycles.